The molecule has 1 saturated heterocycles. The standard InChI is InChI=1S/C13H15NO/c15-13-7-11-6-12(11)9-14(13)8-10-4-2-1-3-5-10/h1-5,11-12H,6-9H2. The summed E-state index contributed by atoms with van der Waals surface area (Å²) in [7, 11) is 0. The van der Waals surface area contributed by atoms with Crippen molar-refractivity contribution < 1.29 is 4.79 Å². The molecule has 0 aromatic heterocycles. The highest BCUT2D eigenvalue weighted by Gasteiger charge is 2.44. The Morgan fingerprint density at radius 1 is 1.20 bits per heavy atom. The maximum absolute atomic E-state index is 11.8. The average molecular weight is 201 g/mol. The first kappa shape index (κ1) is 8.96. The average Bonchev–Trinajstić information content (AvgIpc) is 2.98. The smallest absolute Gasteiger partial charge is 0.223 e. The minimum Gasteiger partial charge on any atom is -0.338 e. The first-order valence-electron chi connectivity index (χ1n) is 5.64. The molecule has 0 spiro atoms. The molecule has 0 N–H and O–H groups in total. The number of likely N-dealkylation sites (tertiary alicyclic amines) is 1. The number of rotatable bonds is 2. The fourth-order valence-corrected chi connectivity index (χ4v) is 2.48. The second-order valence-corrected chi connectivity index (χ2v) is 4.72. The number of benzene rings is 1. The summed E-state index contributed by atoms with van der Waals surface area (Å²) in [6.07, 6.45) is 2.06. The SMILES string of the molecule is O=C1CC2CC2CN1Cc1ccccc1. The van der Waals surface area contributed by atoms with E-state index in [9.17, 15) is 4.79 Å². The zero-order valence-corrected chi connectivity index (χ0v) is 8.73. The van der Waals surface area contributed by atoms with E-state index in [4.69, 9.17) is 0 Å². The van der Waals surface area contributed by atoms with Gasteiger partial charge in [0.05, 0.1) is 0 Å². The van der Waals surface area contributed by atoms with Crippen LogP contribution in [-0.2, 0) is 11.3 Å². The second kappa shape index (κ2) is 3.37. The lowest BCUT2D eigenvalue weighted by Gasteiger charge is -2.26. The minimum atomic E-state index is 0.345. The molecule has 1 aliphatic carbocycles. The van der Waals surface area contributed by atoms with Gasteiger partial charge in [-0.1, -0.05) is 30.3 Å². The van der Waals surface area contributed by atoms with Crippen LogP contribution in [0.3, 0.4) is 0 Å². The number of carbonyl (C=O) groups is 1. The molecule has 1 amide bonds. The van der Waals surface area contributed by atoms with Gasteiger partial charge >= 0.3 is 0 Å². The highest BCUT2D eigenvalue weighted by atomic mass is 16.2. The summed E-state index contributed by atoms with van der Waals surface area (Å²) in [6, 6.07) is 10.3. The van der Waals surface area contributed by atoms with E-state index in [-0.39, 0.29) is 0 Å². The number of hydrogen-bond acceptors (Lipinski definition) is 1. The molecule has 1 aliphatic heterocycles. The van der Waals surface area contributed by atoms with Gasteiger partial charge in [-0.15, -0.1) is 0 Å². The van der Waals surface area contributed by atoms with E-state index in [1.165, 1.54) is 12.0 Å². The fourth-order valence-electron chi connectivity index (χ4n) is 2.48. The summed E-state index contributed by atoms with van der Waals surface area (Å²) in [4.78, 5) is 13.8. The maximum atomic E-state index is 11.8. The lowest BCUT2D eigenvalue weighted by molar-refractivity contribution is -0.134. The number of amides is 1. The first-order valence-corrected chi connectivity index (χ1v) is 5.64. The predicted molar refractivity (Wildman–Crippen MR) is 58.1 cm³/mol. The van der Waals surface area contributed by atoms with Crippen LogP contribution in [0.4, 0.5) is 0 Å². The Morgan fingerprint density at radius 3 is 2.80 bits per heavy atom. The number of hydrogen-bond donors (Lipinski definition) is 0. The van der Waals surface area contributed by atoms with Crippen molar-refractivity contribution in [3.8, 4) is 0 Å². The fraction of sp³-hybridized carbons (Fsp3) is 0.462. The van der Waals surface area contributed by atoms with Crippen molar-refractivity contribution in [2.45, 2.75) is 19.4 Å². The quantitative estimate of drug-likeness (QED) is 0.717. The van der Waals surface area contributed by atoms with Gasteiger partial charge in [-0.3, -0.25) is 4.79 Å². The Hall–Kier alpha value is -1.31. The summed E-state index contributed by atoms with van der Waals surface area (Å²) in [5.41, 5.74) is 1.24. The molecule has 1 aromatic carbocycles. The van der Waals surface area contributed by atoms with Crippen LogP contribution in [0.25, 0.3) is 0 Å². The van der Waals surface area contributed by atoms with E-state index in [0.717, 1.165) is 31.3 Å². The lowest BCUT2D eigenvalue weighted by Crippen LogP contribution is -2.36. The molecule has 78 valence electrons. The van der Waals surface area contributed by atoms with Crippen molar-refractivity contribution in [1.82, 2.24) is 4.90 Å². The molecule has 2 fully saturated rings. The molecule has 15 heavy (non-hydrogen) atoms. The van der Waals surface area contributed by atoms with E-state index < -0.39 is 0 Å². The second-order valence-electron chi connectivity index (χ2n) is 4.72. The third-order valence-corrected chi connectivity index (χ3v) is 3.53. The third kappa shape index (κ3) is 1.76. The number of fused-ring (bicyclic) bond motifs is 1. The molecule has 2 aliphatic rings. The van der Waals surface area contributed by atoms with E-state index in [2.05, 4.69) is 12.1 Å². The monoisotopic (exact) mass is 201 g/mol. The van der Waals surface area contributed by atoms with Crippen molar-refractivity contribution in [3.05, 3.63) is 35.9 Å². The van der Waals surface area contributed by atoms with Gasteiger partial charge < -0.3 is 4.90 Å². The molecule has 1 heterocycles. The highest BCUT2D eigenvalue weighted by Crippen LogP contribution is 2.45. The molecular formula is C13H15NO. The van der Waals surface area contributed by atoms with E-state index in [1.54, 1.807) is 0 Å². The van der Waals surface area contributed by atoms with Gasteiger partial charge in [0.2, 0.25) is 5.91 Å². The molecule has 1 saturated carbocycles. The molecule has 0 radical (unpaired) electrons. The maximum Gasteiger partial charge on any atom is 0.223 e. The summed E-state index contributed by atoms with van der Waals surface area (Å²) < 4.78 is 0. The summed E-state index contributed by atoms with van der Waals surface area (Å²) in [6.45, 7) is 1.78. The molecular weight excluding hydrogens is 186 g/mol. The first-order chi connectivity index (χ1) is 7.33. The van der Waals surface area contributed by atoms with Crippen LogP contribution in [0.15, 0.2) is 30.3 Å². The van der Waals surface area contributed by atoms with E-state index in [1.807, 2.05) is 23.1 Å². The Labute approximate surface area is 89.9 Å². The normalized spacial score (nSPS) is 28.8. The van der Waals surface area contributed by atoms with Gasteiger partial charge in [0.25, 0.3) is 0 Å². The van der Waals surface area contributed by atoms with Crippen molar-refractivity contribution >= 4 is 5.91 Å². The van der Waals surface area contributed by atoms with Crippen LogP contribution >= 0.6 is 0 Å². The van der Waals surface area contributed by atoms with Crippen molar-refractivity contribution in [2.75, 3.05) is 6.54 Å². The highest BCUT2D eigenvalue weighted by molar-refractivity contribution is 5.78. The van der Waals surface area contributed by atoms with Crippen LogP contribution < -0.4 is 0 Å². The molecule has 1 aromatic rings. The summed E-state index contributed by atoms with van der Waals surface area (Å²) in [5.74, 6) is 1.88. The van der Waals surface area contributed by atoms with Crippen LogP contribution in [0, 0.1) is 11.8 Å². The molecule has 2 heteroatoms. The van der Waals surface area contributed by atoms with Gasteiger partial charge in [0.1, 0.15) is 0 Å². The Bertz CT molecular complexity index is 373. The van der Waals surface area contributed by atoms with Crippen molar-refractivity contribution in [3.63, 3.8) is 0 Å². The van der Waals surface area contributed by atoms with Gasteiger partial charge in [-0.25, -0.2) is 0 Å². The van der Waals surface area contributed by atoms with Crippen LogP contribution in [0.1, 0.15) is 18.4 Å². The Morgan fingerprint density at radius 2 is 2.00 bits per heavy atom. The van der Waals surface area contributed by atoms with Gasteiger partial charge in [-0.2, -0.15) is 0 Å². The van der Waals surface area contributed by atoms with Crippen molar-refractivity contribution in [2.24, 2.45) is 11.8 Å². The van der Waals surface area contributed by atoms with Gasteiger partial charge in [-0.05, 0) is 23.8 Å². The number of piperidine rings is 1. The number of nitrogens with zero attached hydrogens (tertiary/aromatic N) is 1. The minimum absolute atomic E-state index is 0.345. The van der Waals surface area contributed by atoms with Crippen LogP contribution in [-0.4, -0.2) is 17.4 Å². The molecule has 0 bridgehead atoms. The van der Waals surface area contributed by atoms with Crippen molar-refractivity contribution in [1.29, 1.82) is 0 Å². The molecule has 3 rings (SSSR count). The van der Waals surface area contributed by atoms with Gasteiger partial charge in [0.15, 0.2) is 0 Å². The van der Waals surface area contributed by atoms with Crippen LogP contribution in [0.2, 0.25) is 0 Å². The van der Waals surface area contributed by atoms with Crippen LogP contribution in [0.5, 0.6) is 0 Å². The lowest BCUT2D eigenvalue weighted by atomic mass is 10.1. The predicted octanol–water partition coefficient (Wildman–Crippen LogP) is 2.06. The summed E-state index contributed by atoms with van der Waals surface area (Å²) in [5, 5.41) is 0. The Kier molecular flexibility index (Phi) is 2.01. The number of carbonyl (C=O) groups excluding carboxylic acids is 1. The third-order valence-electron chi connectivity index (χ3n) is 3.53. The zero-order chi connectivity index (χ0) is 10.3. The van der Waals surface area contributed by atoms with E-state index >= 15 is 0 Å². The Balaban J connectivity index is 1.70. The largest absolute Gasteiger partial charge is 0.338 e. The molecule has 2 atom stereocenters. The summed E-state index contributed by atoms with van der Waals surface area (Å²) >= 11 is 0. The molecule has 2 unspecified atom stereocenters. The van der Waals surface area contributed by atoms with E-state index in [0.29, 0.717) is 5.91 Å². The van der Waals surface area contributed by atoms with Gasteiger partial charge in [0, 0.05) is 19.5 Å². The zero-order valence-electron chi connectivity index (χ0n) is 8.73. The topological polar surface area (TPSA) is 20.3 Å². The molecule has 2 nitrogen and oxygen atoms in total.